The summed E-state index contributed by atoms with van der Waals surface area (Å²) in [5.41, 5.74) is 2.15. The molecule has 1 saturated carbocycles. The summed E-state index contributed by atoms with van der Waals surface area (Å²) in [4.78, 5) is 25.7. The first-order valence-electron chi connectivity index (χ1n) is 7.96. The van der Waals surface area contributed by atoms with Gasteiger partial charge in [-0.1, -0.05) is 12.1 Å². The second-order valence-corrected chi connectivity index (χ2v) is 6.05. The molecule has 2 amide bonds. The molecule has 0 aromatic heterocycles. The number of carbonyl (C=O) groups is 2. The van der Waals surface area contributed by atoms with Gasteiger partial charge in [0.2, 0.25) is 5.91 Å². The van der Waals surface area contributed by atoms with Gasteiger partial charge in [-0.15, -0.1) is 0 Å². The van der Waals surface area contributed by atoms with E-state index in [2.05, 4.69) is 5.32 Å². The zero-order chi connectivity index (χ0) is 17.1. The molecular weight excluding hydrogens is 307 g/mol. The minimum absolute atomic E-state index is 0.0452. The molecule has 24 heavy (non-hydrogen) atoms. The third-order valence-electron chi connectivity index (χ3n) is 3.97. The van der Waals surface area contributed by atoms with E-state index in [0.29, 0.717) is 17.8 Å². The van der Waals surface area contributed by atoms with E-state index >= 15 is 0 Å². The lowest BCUT2D eigenvalue weighted by atomic mass is 10.1. The molecule has 0 bridgehead atoms. The van der Waals surface area contributed by atoms with Gasteiger partial charge in [0.15, 0.2) is 0 Å². The van der Waals surface area contributed by atoms with Crippen molar-refractivity contribution in [1.82, 2.24) is 4.90 Å². The van der Waals surface area contributed by atoms with Gasteiger partial charge in [-0.2, -0.15) is 0 Å². The highest BCUT2D eigenvalue weighted by Crippen LogP contribution is 2.30. The average Bonchev–Trinajstić information content (AvgIpc) is 3.39. The Morgan fingerprint density at radius 2 is 1.71 bits per heavy atom. The Morgan fingerprint density at radius 1 is 1.08 bits per heavy atom. The van der Waals surface area contributed by atoms with Crippen molar-refractivity contribution in [3.05, 3.63) is 65.5 Å². The van der Waals surface area contributed by atoms with E-state index in [1.54, 1.807) is 36.4 Å². The number of hydrogen-bond donors (Lipinski definition) is 1. The van der Waals surface area contributed by atoms with Crippen LogP contribution in [0.1, 0.15) is 35.7 Å². The lowest BCUT2D eigenvalue weighted by Gasteiger charge is -2.23. The molecule has 1 aliphatic rings. The topological polar surface area (TPSA) is 49.4 Å². The molecule has 0 radical (unpaired) electrons. The van der Waals surface area contributed by atoms with Crippen molar-refractivity contribution in [2.75, 3.05) is 5.32 Å². The zero-order valence-electron chi connectivity index (χ0n) is 13.5. The summed E-state index contributed by atoms with van der Waals surface area (Å²) >= 11 is 0. The SMILES string of the molecule is CC(=O)Nc1ccc(C(=O)N(Cc2ccc(F)cc2)C2CC2)cc1. The largest absolute Gasteiger partial charge is 0.331 e. The average molecular weight is 326 g/mol. The van der Waals surface area contributed by atoms with Crippen LogP contribution in [0.3, 0.4) is 0 Å². The standard InChI is InChI=1S/C19H19FN2O2/c1-13(23)21-17-8-4-15(5-9-17)19(24)22(18-10-11-18)12-14-2-6-16(20)7-3-14/h2-9,18H,10-12H2,1H3,(H,21,23). The highest BCUT2D eigenvalue weighted by Gasteiger charge is 2.33. The van der Waals surface area contributed by atoms with E-state index < -0.39 is 0 Å². The summed E-state index contributed by atoms with van der Waals surface area (Å²) < 4.78 is 13.0. The second kappa shape index (κ2) is 6.83. The molecule has 1 fully saturated rings. The van der Waals surface area contributed by atoms with Gasteiger partial charge in [0, 0.05) is 30.8 Å². The van der Waals surface area contributed by atoms with Crippen molar-refractivity contribution in [1.29, 1.82) is 0 Å². The quantitative estimate of drug-likeness (QED) is 0.913. The first-order valence-corrected chi connectivity index (χ1v) is 7.96. The van der Waals surface area contributed by atoms with Crippen LogP contribution in [0.4, 0.5) is 10.1 Å². The van der Waals surface area contributed by atoms with Crippen molar-refractivity contribution in [2.24, 2.45) is 0 Å². The van der Waals surface area contributed by atoms with Crippen LogP contribution in [0.25, 0.3) is 0 Å². The number of nitrogens with zero attached hydrogens (tertiary/aromatic N) is 1. The van der Waals surface area contributed by atoms with Crippen LogP contribution in [0.2, 0.25) is 0 Å². The summed E-state index contributed by atoms with van der Waals surface area (Å²) in [6.07, 6.45) is 1.99. The fourth-order valence-electron chi connectivity index (χ4n) is 2.60. The van der Waals surface area contributed by atoms with Gasteiger partial charge < -0.3 is 10.2 Å². The molecule has 0 heterocycles. The predicted molar refractivity (Wildman–Crippen MR) is 90.0 cm³/mol. The molecule has 0 aliphatic heterocycles. The van der Waals surface area contributed by atoms with E-state index in [9.17, 15) is 14.0 Å². The third kappa shape index (κ3) is 3.98. The van der Waals surface area contributed by atoms with E-state index in [-0.39, 0.29) is 23.7 Å². The Bertz CT molecular complexity index is 737. The van der Waals surface area contributed by atoms with E-state index in [4.69, 9.17) is 0 Å². The molecule has 0 unspecified atom stereocenters. The van der Waals surface area contributed by atoms with Crippen LogP contribution in [0.15, 0.2) is 48.5 Å². The number of benzene rings is 2. The lowest BCUT2D eigenvalue weighted by molar-refractivity contribution is -0.114. The van der Waals surface area contributed by atoms with Crippen molar-refractivity contribution in [2.45, 2.75) is 32.4 Å². The molecule has 3 rings (SSSR count). The fraction of sp³-hybridized carbons (Fsp3) is 0.263. The number of nitrogens with one attached hydrogen (secondary N) is 1. The molecule has 0 saturated heterocycles. The van der Waals surface area contributed by atoms with Crippen LogP contribution in [-0.4, -0.2) is 22.8 Å². The highest BCUT2D eigenvalue weighted by atomic mass is 19.1. The van der Waals surface area contributed by atoms with E-state index in [0.717, 1.165) is 18.4 Å². The monoisotopic (exact) mass is 326 g/mol. The number of amides is 2. The van der Waals surface area contributed by atoms with Crippen LogP contribution in [-0.2, 0) is 11.3 Å². The molecule has 1 aliphatic carbocycles. The molecule has 1 N–H and O–H groups in total. The van der Waals surface area contributed by atoms with Crippen molar-refractivity contribution >= 4 is 17.5 Å². The smallest absolute Gasteiger partial charge is 0.254 e. The Kier molecular flexibility index (Phi) is 4.60. The second-order valence-electron chi connectivity index (χ2n) is 6.05. The third-order valence-corrected chi connectivity index (χ3v) is 3.97. The zero-order valence-corrected chi connectivity index (χ0v) is 13.5. The van der Waals surface area contributed by atoms with Gasteiger partial charge in [-0.25, -0.2) is 4.39 Å². The molecule has 5 heteroatoms. The molecule has 2 aromatic carbocycles. The van der Waals surface area contributed by atoms with Crippen molar-refractivity contribution in [3.63, 3.8) is 0 Å². The molecule has 0 atom stereocenters. The summed E-state index contributed by atoms with van der Waals surface area (Å²) in [7, 11) is 0. The van der Waals surface area contributed by atoms with Crippen LogP contribution < -0.4 is 5.32 Å². The predicted octanol–water partition coefficient (Wildman–Crippen LogP) is 3.59. The maximum Gasteiger partial charge on any atom is 0.254 e. The number of halogens is 1. The Morgan fingerprint density at radius 3 is 2.25 bits per heavy atom. The maximum absolute atomic E-state index is 13.0. The Labute approximate surface area is 140 Å². The molecule has 124 valence electrons. The van der Waals surface area contributed by atoms with Gasteiger partial charge in [0.05, 0.1) is 0 Å². The van der Waals surface area contributed by atoms with E-state index in [1.807, 2.05) is 4.90 Å². The summed E-state index contributed by atoms with van der Waals surface area (Å²) in [5.74, 6) is -0.474. The Hall–Kier alpha value is -2.69. The molecule has 4 nitrogen and oxygen atoms in total. The highest BCUT2D eigenvalue weighted by molar-refractivity contribution is 5.95. The van der Waals surface area contributed by atoms with Gasteiger partial charge in [-0.3, -0.25) is 9.59 Å². The first-order chi connectivity index (χ1) is 11.5. The first kappa shape index (κ1) is 16.2. The van der Waals surface area contributed by atoms with Crippen LogP contribution in [0.5, 0.6) is 0 Å². The van der Waals surface area contributed by atoms with Gasteiger partial charge in [-0.05, 0) is 54.8 Å². The number of hydrogen-bond acceptors (Lipinski definition) is 2. The maximum atomic E-state index is 13.0. The molecular formula is C19H19FN2O2. The van der Waals surface area contributed by atoms with Crippen LogP contribution >= 0.6 is 0 Å². The fourth-order valence-corrected chi connectivity index (χ4v) is 2.60. The summed E-state index contributed by atoms with van der Waals surface area (Å²) in [6, 6.07) is 13.4. The lowest BCUT2D eigenvalue weighted by Crippen LogP contribution is -2.32. The minimum Gasteiger partial charge on any atom is -0.331 e. The molecule has 2 aromatic rings. The number of anilines is 1. The number of rotatable bonds is 5. The van der Waals surface area contributed by atoms with Gasteiger partial charge in [0.25, 0.3) is 5.91 Å². The van der Waals surface area contributed by atoms with Crippen LogP contribution in [0, 0.1) is 5.82 Å². The minimum atomic E-state index is -0.281. The Balaban J connectivity index is 1.74. The summed E-state index contributed by atoms with van der Waals surface area (Å²) in [5, 5.41) is 2.68. The van der Waals surface area contributed by atoms with Gasteiger partial charge >= 0.3 is 0 Å². The van der Waals surface area contributed by atoms with Gasteiger partial charge in [0.1, 0.15) is 5.82 Å². The molecule has 0 spiro atoms. The number of carbonyl (C=O) groups excluding carboxylic acids is 2. The van der Waals surface area contributed by atoms with Crippen molar-refractivity contribution in [3.8, 4) is 0 Å². The van der Waals surface area contributed by atoms with Crippen molar-refractivity contribution < 1.29 is 14.0 Å². The normalized spacial score (nSPS) is 13.4. The summed E-state index contributed by atoms with van der Waals surface area (Å²) in [6.45, 7) is 1.91. The van der Waals surface area contributed by atoms with E-state index in [1.165, 1.54) is 19.1 Å².